The van der Waals surface area contributed by atoms with E-state index in [1.54, 1.807) is 6.92 Å². The van der Waals surface area contributed by atoms with Crippen LogP contribution in [0, 0.1) is 0 Å². The molecule has 6 nitrogen and oxygen atoms in total. The highest BCUT2D eigenvalue weighted by atomic mass is 79.9. The van der Waals surface area contributed by atoms with Crippen LogP contribution in [0.5, 0.6) is 5.75 Å². The molecule has 0 radical (unpaired) electrons. The van der Waals surface area contributed by atoms with Gasteiger partial charge in [0, 0.05) is 5.69 Å². The molecule has 2 aromatic rings. The third-order valence-corrected chi connectivity index (χ3v) is 6.56. The number of anilines is 1. The Balaban J connectivity index is 1.67. The van der Waals surface area contributed by atoms with Gasteiger partial charge in [0.2, 0.25) is 0 Å². The van der Waals surface area contributed by atoms with Gasteiger partial charge in [0.05, 0.1) is 20.5 Å². The second-order valence-corrected chi connectivity index (χ2v) is 9.44. The van der Waals surface area contributed by atoms with Gasteiger partial charge in [-0.25, -0.2) is 4.79 Å². The minimum absolute atomic E-state index is 0.137. The minimum Gasteiger partial charge on any atom is -0.480 e. The lowest BCUT2D eigenvalue weighted by molar-refractivity contribution is -0.145. The maximum Gasteiger partial charge on any atom is 0.344 e. The Morgan fingerprint density at radius 2 is 1.87 bits per heavy atom. The lowest BCUT2D eigenvalue weighted by atomic mass is 10.1. The first kappa shape index (κ1) is 23.7. The number of benzene rings is 2. The van der Waals surface area contributed by atoms with Crippen molar-refractivity contribution in [2.24, 2.45) is 0 Å². The van der Waals surface area contributed by atoms with Gasteiger partial charge in [-0.1, -0.05) is 30.8 Å². The Kier molecular flexibility index (Phi) is 8.45. The average Bonchev–Trinajstić information content (AvgIpc) is 3.06. The normalized spacial score (nSPS) is 16.8. The molecule has 1 aliphatic rings. The molecule has 0 spiro atoms. The molecule has 2 N–H and O–H groups in total. The van der Waals surface area contributed by atoms with Crippen LogP contribution in [0.2, 0.25) is 0 Å². The van der Waals surface area contributed by atoms with Crippen LogP contribution in [0.4, 0.5) is 5.69 Å². The summed E-state index contributed by atoms with van der Waals surface area (Å²) in [5, 5.41) is 6.25. The van der Waals surface area contributed by atoms with Crippen molar-refractivity contribution in [2.75, 3.05) is 18.5 Å². The van der Waals surface area contributed by atoms with Crippen LogP contribution < -0.4 is 15.4 Å². The van der Waals surface area contributed by atoms with E-state index in [4.69, 9.17) is 9.47 Å². The van der Waals surface area contributed by atoms with Crippen molar-refractivity contribution in [2.45, 2.75) is 25.8 Å². The van der Waals surface area contributed by atoms with Gasteiger partial charge in [-0.2, -0.15) is 0 Å². The molecule has 1 saturated heterocycles. The minimum atomic E-state index is -0.436. The zero-order chi connectivity index (χ0) is 22.4. The predicted octanol–water partition coefficient (Wildman–Crippen LogP) is 5.32. The Bertz CT molecular complexity index is 973. The van der Waals surface area contributed by atoms with E-state index in [0.29, 0.717) is 26.2 Å². The fourth-order valence-electron chi connectivity index (χ4n) is 2.84. The number of rotatable bonds is 8. The Hall–Kier alpha value is -1.97. The van der Waals surface area contributed by atoms with Gasteiger partial charge >= 0.3 is 5.97 Å². The molecule has 1 amide bonds. The first-order valence-corrected chi connectivity index (χ1v) is 12.2. The van der Waals surface area contributed by atoms with Crippen LogP contribution in [-0.4, -0.2) is 30.6 Å². The standard InChI is InChI=1S/C22H22Br2N2O4S/c1-3-13-5-7-15(8-6-13)25-22-26-21(28)18(31-22)11-14-9-16(23)20(17(24)10-14)30-12-19(27)29-4-2/h5-11,22,25H,3-4,12H2,1-2H3,(H,26,28)/b18-11-/t22-/m0/s1. The van der Waals surface area contributed by atoms with Crippen LogP contribution in [-0.2, 0) is 20.7 Å². The lowest BCUT2D eigenvalue weighted by Crippen LogP contribution is -2.30. The molecule has 1 heterocycles. The number of hydrogen-bond acceptors (Lipinski definition) is 6. The molecule has 0 aromatic heterocycles. The summed E-state index contributed by atoms with van der Waals surface area (Å²) in [6.07, 6.45) is 2.80. The zero-order valence-corrected chi connectivity index (χ0v) is 21.0. The zero-order valence-electron chi connectivity index (χ0n) is 17.0. The third-order valence-electron chi connectivity index (χ3n) is 4.35. The molecule has 2 aromatic carbocycles. The van der Waals surface area contributed by atoms with Crippen molar-refractivity contribution in [3.63, 3.8) is 0 Å². The summed E-state index contributed by atoms with van der Waals surface area (Å²) in [4.78, 5) is 24.5. The van der Waals surface area contributed by atoms with Crippen molar-refractivity contribution in [1.82, 2.24) is 5.32 Å². The number of carbonyl (C=O) groups excluding carboxylic acids is 2. The van der Waals surface area contributed by atoms with E-state index in [0.717, 1.165) is 17.7 Å². The summed E-state index contributed by atoms with van der Waals surface area (Å²) >= 11 is 8.35. The maximum atomic E-state index is 12.4. The molecular weight excluding hydrogens is 548 g/mol. The number of hydrogen-bond donors (Lipinski definition) is 2. The second-order valence-electron chi connectivity index (χ2n) is 6.58. The number of esters is 1. The van der Waals surface area contributed by atoms with Gasteiger partial charge in [0.25, 0.3) is 5.91 Å². The van der Waals surface area contributed by atoms with Gasteiger partial charge in [-0.05, 0) is 86.7 Å². The Morgan fingerprint density at radius 3 is 2.48 bits per heavy atom. The Labute approximate surface area is 202 Å². The smallest absolute Gasteiger partial charge is 0.344 e. The molecule has 1 atom stereocenters. The highest BCUT2D eigenvalue weighted by Gasteiger charge is 2.27. The molecule has 0 bridgehead atoms. The third kappa shape index (κ3) is 6.51. The van der Waals surface area contributed by atoms with Crippen molar-refractivity contribution in [3.05, 3.63) is 61.4 Å². The fourth-order valence-corrected chi connectivity index (χ4v) is 5.27. The first-order valence-electron chi connectivity index (χ1n) is 9.71. The van der Waals surface area contributed by atoms with E-state index in [-0.39, 0.29) is 18.0 Å². The fraction of sp³-hybridized carbons (Fsp3) is 0.273. The van der Waals surface area contributed by atoms with Crippen molar-refractivity contribution >= 4 is 67.3 Å². The van der Waals surface area contributed by atoms with E-state index in [9.17, 15) is 9.59 Å². The van der Waals surface area contributed by atoms with Crippen LogP contribution in [0.15, 0.2) is 50.2 Å². The molecule has 31 heavy (non-hydrogen) atoms. The molecule has 0 saturated carbocycles. The summed E-state index contributed by atoms with van der Waals surface area (Å²) in [5.41, 5.74) is 2.78. The number of aryl methyl sites for hydroxylation is 1. The van der Waals surface area contributed by atoms with Gasteiger partial charge in [0.15, 0.2) is 12.1 Å². The predicted molar refractivity (Wildman–Crippen MR) is 131 cm³/mol. The molecule has 1 fully saturated rings. The number of halogens is 2. The summed E-state index contributed by atoms with van der Waals surface area (Å²) in [6.45, 7) is 3.97. The molecule has 3 rings (SSSR count). The van der Waals surface area contributed by atoms with Crippen LogP contribution in [0.25, 0.3) is 6.08 Å². The van der Waals surface area contributed by atoms with Crippen LogP contribution in [0.3, 0.4) is 0 Å². The van der Waals surface area contributed by atoms with Crippen LogP contribution in [0.1, 0.15) is 25.0 Å². The molecule has 1 aliphatic heterocycles. The number of thioether (sulfide) groups is 1. The maximum absolute atomic E-state index is 12.4. The van der Waals surface area contributed by atoms with Crippen molar-refractivity contribution < 1.29 is 19.1 Å². The largest absolute Gasteiger partial charge is 0.480 e. The average molecular weight is 570 g/mol. The SMILES string of the molecule is CCOC(=O)COc1c(Br)cc(/C=C2\S[C@@H](Nc3ccc(CC)cc3)NC2=O)cc1Br. The Morgan fingerprint density at radius 1 is 1.19 bits per heavy atom. The molecule has 164 valence electrons. The van der Waals surface area contributed by atoms with Crippen LogP contribution >= 0.6 is 43.6 Å². The van der Waals surface area contributed by atoms with E-state index in [1.165, 1.54) is 17.3 Å². The van der Waals surface area contributed by atoms with E-state index >= 15 is 0 Å². The first-order chi connectivity index (χ1) is 14.9. The number of nitrogens with one attached hydrogen (secondary N) is 2. The summed E-state index contributed by atoms with van der Waals surface area (Å²) in [5.74, 6) is -0.0780. The highest BCUT2D eigenvalue weighted by Crippen LogP contribution is 2.37. The quantitative estimate of drug-likeness (QED) is 0.331. The number of amides is 1. The van der Waals surface area contributed by atoms with Crippen molar-refractivity contribution in [1.29, 1.82) is 0 Å². The van der Waals surface area contributed by atoms with Gasteiger partial charge in [0.1, 0.15) is 5.75 Å². The molecule has 0 unspecified atom stereocenters. The lowest BCUT2D eigenvalue weighted by Gasteiger charge is -2.13. The number of carbonyl (C=O) groups is 2. The van der Waals surface area contributed by atoms with E-state index < -0.39 is 5.97 Å². The van der Waals surface area contributed by atoms with E-state index in [2.05, 4.69) is 61.5 Å². The molecule has 9 heteroatoms. The highest BCUT2D eigenvalue weighted by molar-refractivity contribution is 9.11. The van der Waals surface area contributed by atoms with Gasteiger partial charge in [-0.3, -0.25) is 4.79 Å². The summed E-state index contributed by atoms with van der Waals surface area (Å²) in [6, 6.07) is 11.8. The summed E-state index contributed by atoms with van der Waals surface area (Å²) < 4.78 is 11.7. The summed E-state index contributed by atoms with van der Waals surface area (Å²) in [7, 11) is 0. The number of ether oxygens (including phenoxy) is 2. The van der Waals surface area contributed by atoms with Gasteiger partial charge < -0.3 is 20.1 Å². The van der Waals surface area contributed by atoms with Crippen molar-refractivity contribution in [3.8, 4) is 5.75 Å². The second kappa shape index (κ2) is 11.1. The molecule has 0 aliphatic carbocycles. The van der Waals surface area contributed by atoms with Gasteiger partial charge in [-0.15, -0.1) is 0 Å². The topological polar surface area (TPSA) is 76.7 Å². The van der Waals surface area contributed by atoms with E-state index in [1.807, 2.05) is 30.3 Å². The molecular formula is C22H22Br2N2O4S. The monoisotopic (exact) mass is 568 g/mol.